The van der Waals surface area contributed by atoms with Crippen molar-refractivity contribution in [3.8, 4) is 0 Å². The summed E-state index contributed by atoms with van der Waals surface area (Å²) >= 11 is 0. The number of nitrogens with zero attached hydrogens (tertiary/aromatic N) is 2. The van der Waals surface area contributed by atoms with Gasteiger partial charge < -0.3 is 14.6 Å². The highest BCUT2D eigenvalue weighted by molar-refractivity contribution is 5.90. The lowest BCUT2D eigenvalue weighted by molar-refractivity contribution is 0.0559. The molecule has 0 aliphatic carbocycles. The quantitative estimate of drug-likeness (QED) is 0.756. The summed E-state index contributed by atoms with van der Waals surface area (Å²) in [5.74, 6) is 0.149. The summed E-state index contributed by atoms with van der Waals surface area (Å²) in [6.45, 7) is 1.83. The first kappa shape index (κ1) is 9.84. The zero-order valence-corrected chi connectivity index (χ0v) is 9.06. The monoisotopic (exact) mass is 221 g/mol. The van der Waals surface area contributed by atoms with E-state index >= 15 is 0 Å². The lowest BCUT2D eigenvalue weighted by Crippen LogP contribution is -2.51. The summed E-state index contributed by atoms with van der Waals surface area (Å²) in [6.07, 6.45) is 6.22. The van der Waals surface area contributed by atoms with Crippen molar-refractivity contribution in [1.82, 2.24) is 15.2 Å². The number of carbonyl (C=O) groups excluding carboxylic acids is 1. The van der Waals surface area contributed by atoms with E-state index < -0.39 is 0 Å². The van der Waals surface area contributed by atoms with E-state index in [9.17, 15) is 4.79 Å². The molecule has 5 nitrogen and oxygen atoms in total. The number of oxazole rings is 1. The number of piperidine rings is 1. The van der Waals surface area contributed by atoms with Crippen LogP contribution in [0, 0.1) is 0 Å². The number of fused-ring (bicyclic) bond motifs is 1. The van der Waals surface area contributed by atoms with E-state index in [4.69, 9.17) is 4.42 Å². The van der Waals surface area contributed by atoms with Crippen LogP contribution in [0.25, 0.3) is 0 Å². The van der Waals surface area contributed by atoms with E-state index in [-0.39, 0.29) is 11.8 Å². The Labute approximate surface area is 93.8 Å². The van der Waals surface area contributed by atoms with Crippen LogP contribution in [0.2, 0.25) is 0 Å². The molecule has 86 valence electrons. The molecular weight excluding hydrogens is 206 g/mol. The second-order valence-corrected chi connectivity index (χ2v) is 4.39. The van der Waals surface area contributed by atoms with Crippen molar-refractivity contribution in [3.05, 3.63) is 18.4 Å². The molecule has 2 aliphatic heterocycles. The van der Waals surface area contributed by atoms with E-state index in [0.29, 0.717) is 12.1 Å². The Balaban J connectivity index is 1.80. The Morgan fingerprint density at radius 3 is 3.31 bits per heavy atom. The van der Waals surface area contributed by atoms with Crippen molar-refractivity contribution in [2.75, 3.05) is 13.1 Å². The zero-order valence-electron chi connectivity index (χ0n) is 9.06. The highest BCUT2D eigenvalue weighted by Crippen LogP contribution is 2.25. The van der Waals surface area contributed by atoms with E-state index in [1.807, 2.05) is 4.90 Å². The second kappa shape index (κ2) is 3.90. The van der Waals surface area contributed by atoms with Crippen LogP contribution < -0.4 is 5.32 Å². The molecule has 1 N–H and O–H groups in total. The third-order valence-electron chi connectivity index (χ3n) is 3.50. The number of aromatic nitrogens is 1. The Bertz CT molecular complexity index is 377. The fourth-order valence-electron chi connectivity index (χ4n) is 2.77. The van der Waals surface area contributed by atoms with Gasteiger partial charge in [0.05, 0.1) is 6.20 Å². The molecule has 3 rings (SSSR count). The van der Waals surface area contributed by atoms with E-state index in [1.165, 1.54) is 18.9 Å². The van der Waals surface area contributed by atoms with Crippen molar-refractivity contribution in [2.24, 2.45) is 0 Å². The normalized spacial score (nSPS) is 29.1. The van der Waals surface area contributed by atoms with Gasteiger partial charge in [-0.25, -0.2) is 4.98 Å². The summed E-state index contributed by atoms with van der Waals surface area (Å²) in [4.78, 5) is 18.0. The fraction of sp³-hybridized carbons (Fsp3) is 0.636. The number of rotatable bonds is 1. The molecule has 2 atom stereocenters. The molecular formula is C11H15N3O2. The van der Waals surface area contributed by atoms with Gasteiger partial charge in [0.1, 0.15) is 6.26 Å². The van der Waals surface area contributed by atoms with E-state index in [1.54, 1.807) is 0 Å². The molecule has 16 heavy (non-hydrogen) atoms. The maximum atomic E-state index is 12.1. The Morgan fingerprint density at radius 2 is 2.50 bits per heavy atom. The number of amides is 1. The lowest BCUT2D eigenvalue weighted by atomic mass is 9.97. The first-order valence-corrected chi connectivity index (χ1v) is 5.80. The SMILES string of the molecule is O=C(c1ncco1)N1CCCC2NCCC21. The third kappa shape index (κ3) is 1.51. The minimum atomic E-state index is -0.0663. The molecule has 2 unspecified atom stereocenters. The van der Waals surface area contributed by atoms with Crippen molar-refractivity contribution >= 4 is 5.91 Å². The average Bonchev–Trinajstić information content (AvgIpc) is 2.98. The molecule has 5 heteroatoms. The molecule has 2 aliphatic rings. The van der Waals surface area contributed by atoms with Crippen molar-refractivity contribution in [2.45, 2.75) is 31.3 Å². The maximum Gasteiger partial charge on any atom is 0.310 e. The lowest BCUT2D eigenvalue weighted by Gasteiger charge is -2.36. The largest absolute Gasteiger partial charge is 0.441 e. The van der Waals surface area contributed by atoms with Crippen LogP contribution in [-0.2, 0) is 0 Å². The smallest absolute Gasteiger partial charge is 0.310 e. The summed E-state index contributed by atoms with van der Waals surface area (Å²) in [6, 6.07) is 0.792. The average molecular weight is 221 g/mol. The van der Waals surface area contributed by atoms with Crippen LogP contribution in [-0.4, -0.2) is 41.0 Å². The van der Waals surface area contributed by atoms with Crippen molar-refractivity contribution in [1.29, 1.82) is 0 Å². The van der Waals surface area contributed by atoms with Crippen LogP contribution in [0.1, 0.15) is 29.9 Å². The van der Waals surface area contributed by atoms with Gasteiger partial charge in [0.2, 0.25) is 0 Å². The summed E-state index contributed by atoms with van der Waals surface area (Å²) in [5.41, 5.74) is 0. The Hall–Kier alpha value is -1.36. The number of nitrogens with one attached hydrogen (secondary N) is 1. The topological polar surface area (TPSA) is 58.4 Å². The predicted molar refractivity (Wildman–Crippen MR) is 57.0 cm³/mol. The number of carbonyl (C=O) groups is 1. The van der Waals surface area contributed by atoms with Crippen molar-refractivity contribution < 1.29 is 9.21 Å². The maximum absolute atomic E-state index is 12.1. The minimum Gasteiger partial charge on any atom is -0.441 e. The summed E-state index contributed by atoms with van der Waals surface area (Å²) in [5, 5.41) is 3.44. The van der Waals surface area contributed by atoms with Gasteiger partial charge in [-0.1, -0.05) is 0 Å². The van der Waals surface area contributed by atoms with Crippen LogP contribution in [0.5, 0.6) is 0 Å². The summed E-state index contributed by atoms with van der Waals surface area (Å²) < 4.78 is 5.07. The highest BCUT2D eigenvalue weighted by Gasteiger charge is 2.38. The third-order valence-corrected chi connectivity index (χ3v) is 3.50. The molecule has 0 aromatic carbocycles. The molecule has 2 saturated heterocycles. The highest BCUT2D eigenvalue weighted by atomic mass is 16.4. The van der Waals surface area contributed by atoms with Gasteiger partial charge in [-0.05, 0) is 25.8 Å². The second-order valence-electron chi connectivity index (χ2n) is 4.39. The molecule has 3 heterocycles. The van der Waals surface area contributed by atoms with Crippen LogP contribution in [0.3, 0.4) is 0 Å². The van der Waals surface area contributed by atoms with Crippen LogP contribution >= 0.6 is 0 Å². The Kier molecular flexibility index (Phi) is 2.40. The van der Waals surface area contributed by atoms with E-state index in [2.05, 4.69) is 10.3 Å². The molecule has 1 aromatic rings. The van der Waals surface area contributed by atoms with Gasteiger partial charge in [0.25, 0.3) is 5.89 Å². The van der Waals surface area contributed by atoms with E-state index in [0.717, 1.165) is 25.9 Å². The van der Waals surface area contributed by atoms with Crippen LogP contribution in [0.15, 0.2) is 16.9 Å². The molecule has 1 aromatic heterocycles. The summed E-state index contributed by atoms with van der Waals surface area (Å²) in [7, 11) is 0. The van der Waals surface area contributed by atoms with Gasteiger partial charge >= 0.3 is 5.91 Å². The van der Waals surface area contributed by atoms with Crippen LogP contribution in [0.4, 0.5) is 0 Å². The predicted octanol–water partition coefficient (Wildman–Crippen LogP) is 0.641. The molecule has 0 saturated carbocycles. The number of likely N-dealkylation sites (tertiary alicyclic amines) is 1. The van der Waals surface area contributed by atoms with Crippen molar-refractivity contribution in [3.63, 3.8) is 0 Å². The fourth-order valence-corrected chi connectivity index (χ4v) is 2.77. The minimum absolute atomic E-state index is 0.0663. The first-order chi connectivity index (χ1) is 7.86. The molecule has 0 spiro atoms. The molecule has 0 bridgehead atoms. The molecule has 1 amide bonds. The first-order valence-electron chi connectivity index (χ1n) is 5.80. The van der Waals surface area contributed by atoms with Gasteiger partial charge in [-0.3, -0.25) is 4.79 Å². The number of hydrogen-bond donors (Lipinski definition) is 1. The van der Waals surface area contributed by atoms with Gasteiger partial charge in [-0.2, -0.15) is 0 Å². The standard InChI is InChI=1S/C11H15N3O2/c15-11(10-13-5-7-16-10)14-6-1-2-8-9(14)3-4-12-8/h5,7-9,12H,1-4,6H2. The molecule has 0 radical (unpaired) electrons. The zero-order chi connectivity index (χ0) is 11.0. The van der Waals surface area contributed by atoms with Gasteiger partial charge in [0, 0.05) is 18.6 Å². The molecule has 2 fully saturated rings. The number of hydrogen-bond acceptors (Lipinski definition) is 4. The Morgan fingerprint density at radius 1 is 1.56 bits per heavy atom. The van der Waals surface area contributed by atoms with Gasteiger partial charge in [0.15, 0.2) is 0 Å². The van der Waals surface area contributed by atoms with Gasteiger partial charge in [-0.15, -0.1) is 0 Å².